The molecule has 1 aliphatic heterocycles. The van der Waals surface area contributed by atoms with Crippen molar-refractivity contribution in [3.63, 3.8) is 0 Å². The fourth-order valence-electron chi connectivity index (χ4n) is 2.84. The molecule has 0 radical (unpaired) electrons. The first-order valence-electron chi connectivity index (χ1n) is 8.13. The summed E-state index contributed by atoms with van der Waals surface area (Å²) in [5, 5.41) is 0.557. The number of carbonyl (C=O) groups is 1. The van der Waals surface area contributed by atoms with E-state index in [1.54, 1.807) is 13.0 Å². The van der Waals surface area contributed by atoms with E-state index in [0.29, 0.717) is 36.5 Å². The summed E-state index contributed by atoms with van der Waals surface area (Å²) >= 11 is 6.08. The Kier molecular flexibility index (Phi) is 6.90. The van der Waals surface area contributed by atoms with Crippen molar-refractivity contribution in [2.24, 2.45) is 5.92 Å². The first-order valence-corrected chi connectivity index (χ1v) is 8.51. The number of rotatable bonds is 5. The molecule has 3 nitrogen and oxygen atoms in total. The van der Waals surface area contributed by atoms with Gasteiger partial charge in [-0.2, -0.15) is 13.2 Å². The van der Waals surface area contributed by atoms with Crippen LogP contribution in [-0.4, -0.2) is 43.3 Å². The minimum Gasteiger partial charge on any atom is -0.462 e. The highest BCUT2D eigenvalue weighted by Gasteiger charge is 2.32. The summed E-state index contributed by atoms with van der Waals surface area (Å²) in [6.07, 6.45) is -1.59. The fourth-order valence-corrected chi connectivity index (χ4v) is 3.13. The molecule has 1 heterocycles. The zero-order valence-corrected chi connectivity index (χ0v) is 14.7. The van der Waals surface area contributed by atoms with Gasteiger partial charge < -0.3 is 4.74 Å². The molecular weight excluding hydrogens is 355 g/mol. The summed E-state index contributed by atoms with van der Waals surface area (Å²) in [6, 6.07) is 7.20. The number of hydrogen-bond acceptors (Lipinski definition) is 3. The number of carbonyl (C=O) groups excluding carboxylic acids is 1. The van der Waals surface area contributed by atoms with E-state index >= 15 is 0 Å². The van der Waals surface area contributed by atoms with Gasteiger partial charge in [0.25, 0.3) is 0 Å². The Hall–Kier alpha value is -1.53. The maximum absolute atomic E-state index is 12.4. The number of esters is 1. The molecule has 0 N–H and O–H groups in total. The van der Waals surface area contributed by atoms with Crippen LogP contribution in [0.1, 0.15) is 25.3 Å². The third-order valence-electron chi connectivity index (χ3n) is 4.20. The summed E-state index contributed by atoms with van der Waals surface area (Å²) in [4.78, 5) is 13.3. The maximum atomic E-state index is 12.4. The first kappa shape index (κ1) is 19.8. The van der Waals surface area contributed by atoms with Crippen LogP contribution in [0.25, 0.3) is 5.57 Å². The van der Waals surface area contributed by atoms with Crippen molar-refractivity contribution in [3.05, 3.63) is 40.9 Å². The van der Waals surface area contributed by atoms with E-state index in [-0.39, 0.29) is 12.5 Å². The van der Waals surface area contributed by atoms with Crippen LogP contribution in [0, 0.1) is 5.92 Å². The number of ether oxygens (including phenoxy) is 1. The largest absolute Gasteiger partial charge is 0.462 e. The number of halogens is 4. The molecule has 0 amide bonds. The molecule has 0 atom stereocenters. The van der Waals surface area contributed by atoms with Crippen molar-refractivity contribution >= 4 is 23.1 Å². The van der Waals surface area contributed by atoms with Gasteiger partial charge in [-0.1, -0.05) is 29.8 Å². The third-order valence-corrected chi connectivity index (χ3v) is 4.53. The lowest BCUT2D eigenvalue weighted by atomic mass is 9.98. The monoisotopic (exact) mass is 375 g/mol. The van der Waals surface area contributed by atoms with Gasteiger partial charge in [-0.05, 0) is 56.0 Å². The van der Waals surface area contributed by atoms with Crippen LogP contribution < -0.4 is 0 Å². The second-order valence-corrected chi connectivity index (χ2v) is 6.68. The van der Waals surface area contributed by atoms with Crippen molar-refractivity contribution < 1.29 is 22.7 Å². The second-order valence-electron chi connectivity index (χ2n) is 6.27. The lowest BCUT2D eigenvalue weighted by molar-refractivity contribution is -0.149. The van der Waals surface area contributed by atoms with Crippen LogP contribution in [0.2, 0.25) is 5.02 Å². The molecule has 25 heavy (non-hydrogen) atoms. The van der Waals surface area contributed by atoms with Crippen molar-refractivity contribution in [3.8, 4) is 0 Å². The molecule has 1 saturated heterocycles. The van der Waals surface area contributed by atoms with E-state index in [1.807, 2.05) is 18.2 Å². The quantitative estimate of drug-likeness (QED) is 0.558. The van der Waals surface area contributed by atoms with Gasteiger partial charge in [-0.15, -0.1) is 0 Å². The molecule has 0 spiro atoms. The molecule has 0 saturated carbocycles. The molecule has 0 bridgehead atoms. The summed E-state index contributed by atoms with van der Waals surface area (Å²) in [5.41, 5.74) is 1.47. The van der Waals surface area contributed by atoms with Gasteiger partial charge in [0.2, 0.25) is 0 Å². The molecule has 138 valence electrons. The van der Waals surface area contributed by atoms with Gasteiger partial charge in [0, 0.05) is 11.1 Å². The van der Waals surface area contributed by atoms with Gasteiger partial charge in [0.15, 0.2) is 0 Å². The molecule has 1 aliphatic rings. The maximum Gasteiger partial charge on any atom is 0.401 e. The molecule has 0 unspecified atom stereocenters. The van der Waals surface area contributed by atoms with Crippen molar-refractivity contribution in [1.29, 1.82) is 0 Å². The van der Waals surface area contributed by atoms with Gasteiger partial charge in [0.1, 0.15) is 0 Å². The average molecular weight is 376 g/mol. The molecule has 1 aromatic carbocycles. The normalized spacial score (nSPS) is 17.6. The van der Waals surface area contributed by atoms with Gasteiger partial charge in [-0.25, -0.2) is 4.79 Å². The first-order chi connectivity index (χ1) is 11.7. The van der Waals surface area contributed by atoms with Crippen LogP contribution in [0.15, 0.2) is 30.3 Å². The molecule has 1 fully saturated rings. The van der Waals surface area contributed by atoms with E-state index in [1.165, 1.54) is 11.0 Å². The number of alkyl halides is 3. The molecule has 1 aromatic rings. The smallest absolute Gasteiger partial charge is 0.401 e. The van der Waals surface area contributed by atoms with E-state index in [0.717, 1.165) is 5.56 Å². The third kappa shape index (κ3) is 6.71. The Morgan fingerprint density at radius 3 is 2.56 bits per heavy atom. The Morgan fingerprint density at radius 1 is 1.32 bits per heavy atom. The lowest BCUT2D eigenvalue weighted by Crippen LogP contribution is -2.40. The zero-order chi connectivity index (χ0) is 18.4. The second kappa shape index (κ2) is 8.72. The van der Waals surface area contributed by atoms with Gasteiger partial charge in [0.05, 0.1) is 13.2 Å². The van der Waals surface area contributed by atoms with Crippen LogP contribution in [-0.2, 0) is 9.53 Å². The van der Waals surface area contributed by atoms with Crippen molar-refractivity contribution in [2.75, 3.05) is 26.2 Å². The topological polar surface area (TPSA) is 29.5 Å². The number of allylic oxidation sites excluding steroid dienone is 1. The summed E-state index contributed by atoms with van der Waals surface area (Å²) in [5.74, 6) is -0.363. The Balaban J connectivity index is 1.78. The van der Waals surface area contributed by atoms with Crippen LogP contribution in [0.5, 0.6) is 0 Å². The van der Waals surface area contributed by atoms with Gasteiger partial charge >= 0.3 is 12.1 Å². The number of nitrogens with zero attached hydrogens (tertiary/aromatic N) is 1. The van der Waals surface area contributed by atoms with E-state index in [4.69, 9.17) is 16.3 Å². The zero-order valence-electron chi connectivity index (χ0n) is 14.0. The van der Waals surface area contributed by atoms with Crippen molar-refractivity contribution in [2.45, 2.75) is 25.9 Å². The Morgan fingerprint density at radius 2 is 1.96 bits per heavy atom. The van der Waals surface area contributed by atoms with Gasteiger partial charge in [-0.3, -0.25) is 4.90 Å². The predicted octanol–water partition coefficient (Wildman–Crippen LogP) is 4.56. The fraction of sp³-hybridized carbons (Fsp3) is 0.500. The van der Waals surface area contributed by atoms with E-state index < -0.39 is 18.7 Å². The molecule has 0 aromatic heterocycles. The highest BCUT2D eigenvalue weighted by atomic mass is 35.5. The summed E-state index contributed by atoms with van der Waals surface area (Å²) in [7, 11) is 0. The Bertz CT molecular complexity index is 623. The van der Waals surface area contributed by atoms with Crippen LogP contribution >= 0.6 is 11.6 Å². The lowest BCUT2D eigenvalue weighted by Gasteiger charge is -2.31. The minimum absolute atomic E-state index is 0.0995. The molecular formula is C18H21ClF3NO2. The predicted molar refractivity (Wildman–Crippen MR) is 91.3 cm³/mol. The molecule has 7 heteroatoms. The van der Waals surface area contributed by atoms with Crippen LogP contribution in [0.3, 0.4) is 0 Å². The summed E-state index contributed by atoms with van der Waals surface area (Å²) < 4.78 is 42.3. The number of benzene rings is 1. The highest BCUT2D eigenvalue weighted by Crippen LogP contribution is 2.24. The van der Waals surface area contributed by atoms with E-state index in [2.05, 4.69) is 0 Å². The number of hydrogen-bond donors (Lipinski definition) is 0. The SMILES string of the molecule is C/C(=C/C(=O)OCC1CCN(CC(F)(F)F)CC1)c1ccccc1Cl. The molecule has 0 aliphatic carbocycles. The van der Waals surface area contributed by atoms with Crippen molar-refractivity contribution in [1.82, 2.24) is 4.90 Å². The molecule has 2 rings (SSSR count). The average Bonchev–Trinajstić information content (AvgIpc) is 2.53. The minimum atomic E-state index is -4.17. The van der Waals surface area contributed by atoms with E-state index in [9.17, 15) is 18.0 Å². The van der Waals surface area contributed by atoms with Crippen LogP contribution in [0.4, 0.5) is 13.2 Å². The summed E-state index contributed by atoms with van der Waals surface area (Å²) in [6.45, 7) is 1.87. The Labute approximate surface area is 150 Å². The number of piperidine rings is 1. The highest BCUT2D eigenvalue weighted by molar-refractivity contribution is 6.32. The number of likely N-dealkylation sites (tertiary alicyclic amines) is 1. The standard InChI is InChI=1S/C18H21ClF3NO2/c1-13(15-4-2-3-5-16(15)19)10-17(24)25-11-14-6-8-23(9-7-14)12-18(20,21)22/h2-5,10,14H,6-9,11-12H2,1H3/b13-10-.